The number of nitrogens with zero attached hydrogens (tertiary/aromatic N) is 6. The number of hydrogen-bond acceptors (Lipinski definition) is 5. The summed E-state index contributed by atoms with van der Waals surface area (Å²) in [5, 5.41) is 9.40. The standard InChI is InChI=1S/C18H13ClN2O.C16H11ClN4/c1-2-10-21-16-9-8-14(19)11-15(16)18(20-12-17(21)22)13-6-4-3-5-7-13;17-12-6-7-14-13(8-12)16(11-4-2-1-3-5-11)18-9-15-20-19-10-21(14)15/h1,3-9,11H,10,12H2;1-8,10H,9H2. The number of benzodiazepines with no additional fused rings is 1. The number of carbonyl (C=O) groups is 1. The summed E-state index contributed by atoms with van der Waals surface area (Å²) in [6.45, 7) is 0.778. The Morgan fingerprint density at radius 3 is 1.91 bits per heavy atom. The van der Waals surface area contributed by atoms with Crippen LogP contribution < -0.4 is 4.90 Å². The summed E-state index contributed by atoms with van der Waals surface area (Å²) in [6, 6.07) is 31.0. The molecule has 9 heteroatoms. The van der Waals surface area contributed by atoms with E-state index in [-0.39, 0.29) is 19.0 Å². The lowest BCUT2D eigenvalue weighted by atomic mass is 10.0. The maximum atomic E-state index is 12.3. The van der Waals surface area contributed by atoms with Crippen LogP contribution in [0, 0.1) is 12.3 Å². The number of rotatable bonds is 3. The molecule has 0 atom stereocenters. The van der Waals surface area contributed by atoms with Crippen molar-refractivity contribution in [3.05, 3.63) is 142 Å². The number of aliphatic imine (C=N–C) groups is 2. The fraction of sp³-hybridized carbons (Fsp3) is 0.0882. The number of carbonyl (C=O) groups excluding carboxylic acids is 1. The molecule has 0 fully saturated rings. The summed E-state index contributed by atoms with van der Waals surface area (Å²) < 4.78 is 1.96. The summed E-state index contributed by atoms with van der Waals surface area (Å²) in [5.41, 5.74) is 7.25. The van der Waals surface area contributed by atoms with Crippen LogP contribution in [0.4, 0.5) is 5.69 Å². The van der Waals surface area contributed by atoms with Gasteiger partial charge in [-0.3, -0.25) is 24.2 Å². The Morgan fingerprint density at radius 1 is 0.744 bits per heavy atom. The van der Waals surface area contributed by atoms with E-state index in [1.807, 2.05) is 83.4 Å². The Balaban J connectivity index is 0.000000153. The van der Waals surface area contributed by atoms with Crippen LogP contribution in [0.15, 0.2) is 113 Å². The van der Waals surface area contributed by atoms with Crippen molar-refractivity contribution < 1.29 is 4.79 Å². The van der Waals surface area contributed by atoms with Crippen molar-refractivity contribution in [1.29, 1.82) is 0 Å². The lowest BCUT2D eigenvalue weighted by molar-refractivity contribution is -0.117. The van der Waals surface area contributed by atoms with Crippen molar-refractivity contribution in [3.8, 4) is 18.0 Å². The third-order valence-corrected chi connectivity index (χ3v) is 7.46. The van der Waals surface area contributed by atoms with Crippen molar-refractivity contribution >= 4 is 46.2 Å². The second-order valence-corrected chi connectivity index (χ2v) is 10.6. The molecule has 0 radical (unpaired) electrons. The van der Waals surface area contributed by atoms with Gasteiger partial charge in [0.25, 0.3) is 0 Å². The second kappa shape index (κ2) is 12.5. The van der Waals surface area contributed by atoms with Gasteiger partial charge in [0.1, 0.15) is 19.4 Å². The van der Waals surface area contributed by atoms with Crippen molar-refractivity contribution in [2.45, 2.75) is 6.54 Å². The highest BCUT2D eigenvalue weighted by Gasteiger charge is 2.25. The van der Waals surface area contributed by atoms with Crippen molar-refractivity contribution in [2.75, 3.05) is 18.0 Å². The van der Waals surface area contributed by atoms with E-state index in [9.17, 15) is 4.79 Å². The molecule has 2 aliphatic rings. The molecule has 0 aliphatic carbocycles. The average Bonchev–Trinajstić information content (AvgIpc) is 3.38. The van der Waals surface area contributed by atoms with Gasteiger partial charge in [0.2, 0.25) is 5.91 Å². The van der Waals surface area contributed by atoms with E-state index in [0.29, 0.717) is 16.6 Å². The molecule has 7 rings (SSSR count). The zero-order valence-electron chi connectivity index (χ0n) is 22.9. The number of benzene rings is 4. The topological polar surface area (TPSA) is 75.7 Å². The molecule has 0 unspecified atom stereocenters. The normalized spacial score (nSPS) is 13.5. The molecule has 5 aromatic rings. The molecule has 1 amide bonds. The van der Waals surface area contributed by atoms with Crippen LogP contribution in [0.2, 0.25) is 10.0 Å². The highest BCUT2D eigenvalue weighted by atomic mass is 35.5. The van der Waals surface area contributed by atoms with E-state index in [1.165, 1.54) is 0 Å². The van der Waals surface area contributed by atoms with E-state index in [1.54, 1.807) is 17.3 Å². The van der Waals surface area contributed by atoms with Crippen LogP contribution in [-0.2, 0) is 11.3 Å². The molecular formula is C34H24Cl2N6O. The van der Waals surface area contributed by atoms with Gasteiger partial charge in [0, 0.05) is 32.3 Å². The van der Waals surface area contributed by atoms with E-state index >= 15 is 0 Å². The molecule has 43 heavy (non-hydrogen) atoms. The summed E-state index contributed by atoms with van der Waals surface area (Å²) >= 11 is 12.3. The molecular weight excluding hydrogens is 579 g/mol. The molecule has 0 saturated carbocycles. The molecule has 7 nitrogen and oxygen atoms in total. The number of fused-ring (bicyclic) bond motifs is 4. The SMILES string of the molecule is C#CCN1C(=O)CN=C(c2ccccc2)c2cc(Cl)ccc21.Clc1ccc2c(c1)C(c1ccccc1)=NCc1nncn1-2. The number of amides is 1. The van der Waals surface area contributed by atoms with Crippen LogP contribution >= 0.6 is 23.2 Å². The van der Waals surface area contributed by atoms with Crippen molar-refractivity contribution in [3.63, 3.8) is 0 Å². The first-order chi connectivity index (χ1) is 21.0. The van der Waals surface area contributed by atoms with E-state index in [2.05, 4.69) is 33.2 Å². The van der Waals surface area contributed by atoms with Gasteiger partial charge in [-0.15, -0.1) is 16.6 Å². The Morgan fingerprint density at radius 2 is 1.30 bits per heavy atom. The fourth-order valence-corrected chi connectivity index (χ4v) is 5.39. The predicted molar refractivity (Wildman–Crippen MR) is 172 cm³/mol. The molecule has 0 N–H and O–H groups in total. The Bertz CT molecular complexity index is 1910. The predicted octanol–water partition coefficient (Wildman–Crippen LogP) is 6.43. The minimum atomic E-state index is -0.118. The van der Waals surface area contributed by atoms with E-state index in [4.69, 9.17) is 34.6 Å². The molecule has 0 bridgehead atoms. The molecule has 0 spiro atoms. The van der Waals surface area contributed by atoms with E-state index < -0.39 is 0 Å². The number of aromatic nitrogens is 3. The third kappa shape index (κ3) is 5.84. The summed E-state index contributed by atoms with van der Waals surface area (Å²) in [7, 11) is 0. The maximum Gasteiger partial charge on any atom is 0.249 e. The number of anilines is 1. The van der Waals surface area contributed by atoms with Crippen molar-refractivity contribution in [2.24, 2.45) is 9.98 Å². The monoisotopic (exact) mass is 602 g/mol. The van der Waals surface area contributed by atoms with Gasteiger partial charge in [-0.05, 0) is 36.4 Å². The molecule has 210 valence electrons. The Labute approximate surface area is 259 Å². The van der Waals surface area contributed by atoms with Gasteiger partial charge < -0.3 is 0 Å². The van der Waals surface area contributed by atoms with Gasteiger partial charge in [0.15, 0.2) is 5.82 Å². The summed E-state index contributed by atoms with van der Waals surface area (Å²) in [6.07, 6.45) is 7.11. The molecule has 1 aromatic heterocycles. The third-order valence-electron chi connectivity index (χ3n) is 6.99. The first-order valence-electron chi connectivity index (χ1n) is 13.5. The van der Waals surface area contributed by atoms with Gasteiger partial charge in [0.05, 0.1) is 29.3 Å². The number of terminal acetylenes is 1. The molecule has 2 aliphatic heterocycles. The Kier molecular flexibility index (Phi) is 8.14. The van der Waals surface area contributed by atoms with Crippen molar-refractivity contribution in [1.82, 2.24) is 14.8 Å². The van der Waals surface area contributed by atoms with Crippen LogP contribution in [0.5, 0.6) is 0 Å². The van der Waals surface area contributed by atoms with E-state index in [0.717, 1.165) is 50.9 Å². The zero-order chi connectivity index (χ0) is 29.8. The van der Waals surface area contributed by atoms with Gasteiger partial charge >= 0.3 is 0 Å². The highest BCUT2D eigenvalue weighted by molar-refractivity contribution is 6.32. The molecule has 0 saturated heterocycles. The first-order valence-corrected chi connectivity index (χ1v) is 14.2. The first kappa shape index (κ1) is 28.1. The minimum Gasteiger partial charge on any atom is -0.299 e. The smallest absolute Gasteiger partial charge is 0.249 e. The van der Waals surface area contributed by atoms with Gasteiger partial charge in [-0.2, -0.15) is 0 Å². The lowest BCUT2D eigenvalue weighted by Gasteiger charge is -2.20. The summed E-state index contributed by atoms with van der Waals surface area (Å²) in [4.78, 5) is 23.1. The summed E-state index contributed by atoms with van der Waals surface area (Å²) in [5.74, 6) is 3.23. The number of hydrogen-bond donors (Lipinski definition) is 0. The molecule has 4 aromatic carbocycles. The van der Waals surface area contributed by atoms with Gasteiger partial charge in [-0.25, -0.2) is 0 Å². The zero-order valence-corrected chi connectivity index (χ0v) is 24.4. The molecule has 3 heterocycles. The van der Waals surface area contributed by atoms with Crippen LogP contribution in [0.1, 0.15) is 28.1 Å². The fourth-order valence-electron chi connectivity index (χ4n) is 5.05. The minimum absolute atomic E-state index is 0.0677. The van der Waals surface area contributed by atoms with Crippen LogP contribution in [0.25, 0.3) is 5.69 Å². The average molecular weight is 604 g/mol. The quantitative estimate of drug-likeness (QED) is 0.223. The highest BCUT2D eigenvalue weighted by Crippen LogP contribution is 2.30. The Hall–Kier alpha value is -5.03. The van der Waals surface area contributed by atoms with Gasteiger partial charge in [-0.1, -0.05) is 89.8 Å². The second-order valence-electron chi connectivity index (χ2n) is 9.69. The largest absolute Gasteiger partial charge is 0.299 e. The maximum absolute atomic E-state index is 12.3. The number of halogens is 2. The van der Waals surface area contributed by atoms with Crippen LogP contribution in [-0.4, -0.2) is 45.2 Å². The lowest BCUT2D eigenvalue weighted by Crippen LogP contribution is -2.32. The van der Waals surface area contributed by atoms with Crippen LogP contribution in [0.3, 0.4) is 0 Å².